The van der Waals surface area contributed by atoms with Crippen molar-refractivity contribution in [2.45, 2.75) is 13.0 Å². The van der Waals surface area contributed by atoms with Gasteiger partial charge in [-0.3, -0.25) is 0 Å². The molecule has 2 aromatic heterocycles. The standard InChI is InChI=1S/C10H10N2O3S/c1-6(8-3-2-4-15-8)11-10-12-7(5-16-10)9(13)14/h2-6H,1H3,(H,11,12)(H,13,14). The fourth-order valence-electron chi connectivity index (χ4n) is 1.23. The van der Waals surface area contributed by atoms with E-state index in [1.807, 2.05) is 13.0 Å². The zero-order valence-electron chi connectivity index (χ0n) is 8.51. The summed E-state index contributed by atoms with van der Waals surface area (Å²) >= 11 is 1.26. The Morgan fingerprint density at radius 1 is 1.69 bits per heavy atom. The fraction of sp³-hybridized carbons (Fsp3) is 0.200. The summed E-state index contributed by atoms with van der Waals surface area (Å²) in [5.74, 6) is -0.234. The van der Waals surface area contributed by atoms with Crippen LogP contribution in [0.25, 0.3) is 0 Å². The second-order valence-corrected chi connectivity index (χ2v) is 4.08. The van der Waals surface area contributed by atoms with Crippen molar-refractivity contribution in [3.8, 4) is 0 Å². The third-order valence-corrected chi connectivity index (χ3v) is 2.81. The van der Waals surface area contributed by atoms with Crippen LogP contribution in [0.5, 0.6) is 0 Å². The van der Waals surface area contributed by atoms with Gasteiger partial charge < -0.3 is 14.8 Å². The van der Waals surface area contributed by atoms with Crippen LogP contribution in [0.2, 0.25) is 0 Å². The summed E-state index contributed by atoms with van der Waals surface area (Å²) in [7, 11) is 0. The second kappa shape index (κ2) is 4.36. The maximum atomic E-state index is 10.6. The Labute approximate surface area is 95.7 Å². The number of hydrogen-bond acceptors (Lipinski definition) is 5. The predicted octanol–water partition coefficient (Wildman–Crippen LogP) is 2.61. The van der Waals surface area contributed by atoms with Gasteiger partial charge in [-0.2, -0.15) is 0 Å². The molecule has 6 heteroatoms. The van der Waals surface area contributed by atoms with Crippen LogP contribution in [0.1, 0.15) is 29.2 Å². The highest BCUT2D eigenvalue weighted by molar-refractivity contribution is 7.13. The van der Waals surface area contributed by atoms with Gasteiger partial charge in [0.25, 0.3) is 0 Å². The van der Waals surface area contributed by atoms with Crippen molar-refractivity contribution in [1.29, 1.82) is 0 Å². The molecule has 0 spiro atoms. The Kier molecular flexibility index (Phi) is 2.91. The first-order chi connectivity index (χ1) is 7.66. The number of anilines is 1. The molecule has 2 rings (SSSR count). The Balaban J connectivity index is 2.06. The first-order valence-electron chi connectivity index (χ1n) is 4.65. The van der Waals surface area contributed by atoms with Crippen molar-refractivity contribution in [2.24, 2.45) is 0 Å². The highest BCUT2D eigenvalue weighted by Gasteiger charge is 2.12. The normalized spacial score (nSPS) is 12.3. The quantitative estimate of drug-likeness (QED) is 0.856. The minimum atomic E-state index is -1.02. The lowest BCUT2D eigenvalue weighted by atomic mass is 10.3. The number of hydrogen-bond donors (Lipinski definition) is 2. The highest BCUT2D eigenvalue weighted by Crippen LogP contribution is 2.22. The van der Waals surface area contributed by atoms with Gasteiger partial charge in [0, 0.05) is 5.38 Å². The lowest BCUT2D eigenvalue weighted by Gasteiger charge is -2.08. The van der Waals surface area contributed by atoms with Crippen molar-refractivity contribution >= 4 is 22.4 Å². The first-order valence-corrected chi connectivity index (χ1v) is 5.53. The van der Waals surface area contributed by atoms with Crippen LogP contribution in [0, 0.1) is 0 Å². The molecule has 0 aliphatic carbocycles. The summed E-state index contributed by atoms with van der Waals surface area (Å²) in [5, 5.41) is 13.9. The van der Waals surface area contributed by atoms with Gasteiger partial charge in [-0.1, -0.05) is 0 Å². The van der Waals surface area contributed by atoms with Crippen LogP contribution in [0.3, 0.4) is 0 Å². The van der Waals surface area contributed by atoms with Crippen molar-refractivity contribution in [2.75, 3.05) is 5.32 Å². The van der Waals surface area contributed by atoms with E-state index in [-0.39, 0.29) is 11.7 Å². The van der Waals surface area contributed by atoms with Crippen LogP contribution in [-0.2, 0) is 0 Å². The van der Waals surface area contributed by atoms with Gasteiger partial charge in [-0.05, 0) is 19.1 Å². The number of carboxylic acid groups (broad SMARTS) is 1. The average molecular weight is 238 g/mol. The Morgan fingerprint density at radius 2 is 2.50 bits per heavy atom. The summed E-state index contributed by atoms with van der Waals surface area (Å²) in [4.78, 5) is 14.6. The van der Waals surface area contributed by atoms with Crippen LogP contribution >= 0.6 is 11.3 Å². The Hall–Kier alpha value is -1.82. The molecular formula is C10H10N2O3S. The van der Waals surface area contributed by atoms with Gasteiger partial charge in [-0.25, -0.2) is 9.78 Å². The minimum absolute atomic E-state index is 0.0391. The predicted molar refractivity (Wildman–Crippen MR) is 59.8 cm³/mol. The zero-order valence-corrected chi connectivity index (χ0v) is 9.32. The molecule has 2 N–H and O–H groups in total. The van der Waals surface area contributed by atoms with E-state index in [4.69, 9.17) is 9.52 Å². The molecule has 0 aromatic carbocycles. The maximum absolute atomic E-state index is 10.6. The molecule has 0 radical (unpaired) electrons. The summed E-state index contributed by atoms with van der Waals surface area (Å²) < 4.78 is 5.22. The number of carboxylic acids is 1. The molecule has 0 bridgehead atoms. The second-order valence-electron chi connectivity index (χ2n) is 3.22. The summed E-state index contributed by atoms with van der Waals surface area (Å²) in [6, 6.07) is 3.62. The van der Waals surface area contributed by atoms with Crippen LogP contribution < -0.4 is 5.32 Å². The van der Waals surface area contributed by atoms with Gasteiger partial charge in [0.05, 0.1) is 12.3 Å². The molecule has 16 heavy (non-hydrogen) atoms. The number of furan rings is 1. The van der Waals surface area contributed by atoms with E-state index in [0.717, 1.165) is 5.76 Å². The topological polar surface area (TPSA) is 75.4 Å². The van der Waals surface area contributed by atoms with Crippen molar-refractivity contribution in [1.82, 2.24) is 4.98 Å². The molecule has 1 unspecified atom stereocenters. The van der Waals surface area contributed by atoms with Gasteiger partial charge in [0.1, 0.15) is 5.76 Å². The Morgan fingerprint density at radius 3 is 3.06 bits per heavy atom. The van der Waals surface area contributed by atoms with Gasteiger partial charge in [0.15, 0.2) is 10.8 Å². The number of thiazole rings is 1. The number of aromatic nitrogens is 1. The van der Waals surface area contributed by atoms with Crippen molar-refractivity contribution in [3.05, 3.63) is 35.2 Å². The van der Waals surface area contributed by atoms with Gasteiger partial charge >= 0.3 is 5.97 Å². The van der Waals surface area contributed by atoms with Crippen molar-refractivity contribution in [3.63, 3.8) is 0 Å². The van der Waals surface area contributed by atoms with Gasteiger partial charge in [-0.15, -0.1) is 11.3 Å². The molecule has 5 nitrogen and oxygen atoms in total. The van der Waals surface area contributed by atoms with E-state index in [2.05, 4.69) is 10.3 Å². The SMILES string of the molecule is CC(Nc1nc(C(=O)O)cs1)c1ccco1. The minimum Gasteiger partial charge on any atom is -0.476 e. The molecule has 84 valence electrons. The monoisotopic (exact) mass is 238 g/mol. The van der Waals surface area contributed by atoms with E-state index >= 15 is 0 Å². The molecule has 0 fully saturated rings. The number of nitrogens with one attached hydrogen (secondary N) is 1. The first kappa shape index (κ1) is 10.7. The highest BCUT2D eigenvalue weighted by atomic mass is 32.1. The molecule has 0 saturated heterocycles. The zero-order chi connectivity index (χ0) is 11.5. The molecule has 2 aromatic rings. The number of aromatic carboxylic acids is 1. The van der Waals surface area contributed by atoms with E-state index in [0.29, 0.717) is 5.13 Å². The summed E-state index contributed by atoms with van der Waals surface area (Å²) in [5.41, 5.74) is 0.0548. The third-order valence-electron chi connectivity index (χ3n) is 2.03. The molecule has 2 heterocycles. The summed E-state index contributed by atoms with van der Waals surface area (Å²) in [6.07, 6.45) is 1.60. The fourth-order valence-corrected chi connectivity index (χ4v) is 2.00. The lowest BCUT2D eigenvalue weighted by molar-refractivity contribution is 0.0691. The smallest absolute Gasteiger partial charge is 0.355 e. The molecule has 0 saturated carbocycles. The number of rotatable bonds is 4. The lowest BCUT2D eigenvalue weighted by Crippen LogP contribution is -2.05. The number of carbonyl (C=O) groups is 1. The summed E-state index contributed by atoms with van der Waals surface area (Å²) in [6.45, 7) is 1.92. The third kappa shape index (κ3) is 2.22. The van der Waals surface area contributed by atoms with E-state index in [1.165, 1.54) is 16.7 Å². The van der Waals surface area contributed by atoms with Crippen LogP contribution in [-0.4, -0.2) is 16.1 Å². The molecule has 1 atom stereocenters. The average Bonchev–Trinajstić information content (AvgIpc) is 2.87. The van der Waals surface area contributed by atoms with Crippen molar-refractivity contribution < 1.29 is 14.3 Å². The van der Waals surface area contributed by atoms with E-state index < -0.39 is 5.97 Å². The number of nitrogens with zero attached hydrogens (tertiary/aromatic N) is 1. The molecular weight excluding hydrogens is 228 g/mol. The van der Waals surface area contributed by atoms with E-state index in [1.54, 1.807) is 12.3 Å². The van der Waals surface area contributed by atoms with Gasteiger partial charge in [0.2, 0.25) is 0 Å². The maximum Gasteiger partial charge on any atom is 0.355 e. The van der Waals surface area contributed by atoms with E-state index in [9.17, 15) is 4.79 Å². The largest absolute Gasteiger partial charge is 0.476 e. The molecule has 0 aliphatic rings. The molecule has 0 amide bonds. The Bertz CT molecular complexity index is 478. The van der Waals surface area contributed by atoms with Crippen LogP contribution in [0.4, 0.5) is 5.13 Å². The molecule has 0 aliphatic heterocycles. The van der Waals surface area contributed by atoms with Crippen LogP contribution in [0.15, 0.2) is 28.2 Å².